The Labute approximate surface area is 151 Å². The van der Waals surface area contributed by atoms with Crippen LogP contribution in [0.25, 0.3) is 5.57 Å². The van der Waals surface area contributed by atoms with E-state index in [4.69, 9.17) is 4.74 Å². The Balaban J connectivity index is 1.95. The second-order valence-corrected chi connectivity index (χ2v) is 5.72. The van der Waals surface area contributed by atoms with Gasteiger partial charge in [0.25, 0.3) is 0 Å². The van der Waals surface area contributed by atoms with Gasteiger partial charge in [-0.1, -0.05) is 61.2 Å². The Morgan fingerprint density at radius 3 is 2.31 bits per heavy atom. The Hall–Kier alpha value is -3.40. The lowest BCUT2D eigenvalue weighted by Gasteiger charge is -2.15. The van der Waals surface area contributed by atoms with E-state index in [-0.39, 0.29) is 16.7 Å². The van der Waals surface area contributed by atoms with Crippen LogP contribution in [0.3, 0.4) is 0 Å². The van der Waals surface area contributed by atoms with Gasteiger partial charge < -0.3 is 9.84 Å². The fourth-order valence-corrected chi connectivity index (χ4v) is 2.72. The minimum Gasteiger partial charge on any atom is -0.488 e. The average Bonchev–Trinajstić information content (AvgIpc) is 2.66. The van der Waals surface area contributed by atoms with Gasteiger partial charge in [0.05, 0.1) is 5.56 Å². The Kier molecular flexibility index (Phi) is 5.13. The summed E-state index contributed by atoms with van der Waals surface area (Å²) in [4.78, 5) is 11.5. The predicted molar refractivity (Wildman–Crippen MR) is 98.7 cm³/mol. The summed E-state index contributed by atoms with van der Waals surface area (Å²) in [5.41, 5.74) is 1.65. The first-order valence-corrected chi connectivity index (χ1v) is 8.05. The van der Waals surface area contributed by atoms with Gasteiger partial charge in [0.1, 0.15) is 18.2 Å². The molecule has 0 aliphatic carbocycles. The number of rotatable bonds is 6. The molecule has 3 nitrogen and oxygen atoms in total. The molecular weight excluding hydrogens is 331 g/mol. The third-order valence-corrected chi connectivity index (χ3v) is 4.00. The van der Waals surface area contributed by atoms with Gasteiger partial charge in [-0.2, -0.15) is 0 Å². The van der Waals surface area contributed by atoms with Crippen LogP contribution in [0.5, 0.6) is 5.75 Å². The minimum atomic E-state index is -1.21. The van der Waals surface area contributed by atoms with Crippen LogP contribution in [0.4, 0.5) is 4.39 Å². The van der Waals surface area contributed by atoms with Crippen molar-refractivity contribution in [3.05, 3.63) is 107 Å². The van der Waals surface area contributed by atoms with Crippen molar-refractivity contribution in [3.63, 3.8) is 0 Å². The van der Waals surface area contributed by atoms with Crippen LogP contribution in [-0.2, 0) is 6.61 Å². The molecule has 0 radical (unpaired) electrons. The number of ether oxygens (including phenoxy) is 1. The summed E-state index contributed by atoms with van der Waals surface area (Å²) in [6.07, 6.45) is 0. The molecule has 3 rings (SSSR count). The largest absolute Gasteiger partial charge is 0.488 e. The third-order valence-electron chi connectivity index (χ3n) is 4.00. The van der Waals surface area contributed by atoms with E-state index in [1.165, 1.54) is 18.2 Å². The first-order chi connectivity index (χ1) is 12.6. The topological polar surface area (TPSA) is 46.5 Å². The number of hydrogen-bond donors (Lipinski definition) is 1. The molecule has 0 fully saturated rings. The summed E-state index contributed by atoms with van der Waals surface area (Å²) >= 11 is 0. The molecule has 0 aromatic heterocycles. The maximum absolute atomic E-state index is 14.4. The fraction of sp³-hybridized carbons (Fsp3) is 0.0455. The van der Waals surface area contributed by atoms with E-state index in [1.807, 2.05) is 30.3 Å². The maximum atomic E-state index is 14.4. The first-order valence-electron chi connectivity index (χ1n) is 8.05. The number of benzene rings is 3. The molecule has 130 valence electrons. The lowest BCUT2D eigenvalue weighted by molar-refractivity contribution is 0.0696. The van der Waals surface area contributed by atoms with E-state index in [1.54, 1.807) is 24.3 Å². The lowest BCUT2D eigenvalue weighted by Crippen LogP contribution is -2.06. The van der Waals surface area contributed by atoms with E-state index >= 15 is 0 Å². The molecule has 0 atom stereocenters. The standard InChI is InChI=1S/C22H17FO3/c1-15(21-18(22(24)25)11-7-12-19(21)23)17-10-5-6-13-20(17)26-14-16-8-3-2-4-9-16/h2-13H,1,14H2,(H,24,25). The summed E-state index contributed by atoms with van der Waals surface area (Å²) < 4.78 is 20.2. The summed E-state index contributed by atoms with van der Waals surface area (Å²) in [7, 11) is 0. The van der Waals surface area contributed by atoms with Crippen molar-refractivity contribution >= 4 is 11.5 Å². The second-order valence-electron chi connectivity index (χ2n) is 5.72. The van der Waals surface area contributed by atoms with Crippen LogP contribution in [0.1, 0.15) is 27.0 Å². The van der Waals surface area contributed by atoms with Crippen molar-refractivity contribution in [2.24, 2.45) is 0 Å². The highest BCUT2D eigenvalue weighted by Crippen LogP contribution is 2.33. The molecule has 1 N–H and O–H groups in total. The van der Waals surface area contributed by atoms with Crippen LogP contribution >= 0.6 is 0 Å². The number of carboxylic acid groups (broad SMARTS) is 1. The number of para-hydroxylation sites is 1. The van der Waals surface area contributed by atoms with Crippen molar-refractivity contribution in [2.45, 2.75) is 6.61 Å². The van der Waals surface area contributed by atoms with Gasteiger partial charge in [0.2, 0.25) is 0 Å². The van der Waals surface area contributed by atoms with Gasteiger partial charge in [0.15, 0.2) is 0 Å². The Bertz CT molecular complexity index is 949. The minimum absolute atomic E-state index is 0.0317. The number of halogens is 1. The van der Waals surface area contributed by atoms with Crippen LogP contribution in [0.15, 0.2) is 79.4 Å². The molecule has 0 amide bonds. The monoisotopic (exact) mass is 348 g/mol. The molecule has 0 heterocycles. The summed E-state index contributed by atoms with van der Waals surface area (Å²) in [5, 5.41) is 9.37. The van der Waals surface area contributed by atoms with Gasteiger partial charge >= 0.3 is 5.97 Å². The highest BCUT2D eigenvalue weighted by atomic mass is 19.1. The molecule has 0 aliphatic heterocycles. The highest BCUT2D eigenvalue weighted by molar-refractivity contribution is 5.97. The highest BCUT2D eigenvalue weighted by Gasteiger charge is 2.19. The molecule has 4 heteroatoms. The Morgan fingerprint density at radius 1 is 0.923 bits per heavy atom. The number of hydrogen-bond acceptors (Lipinski definition) is 2. The quantitative estimate of drug-likeness (QED) is 0.669. The molecule has 0 saturated heterocycles. The van der Waals surface area contributed by atoms with Gasteiger partial charge in [-0.15, -0.1) is 0 Å². The Morgan fingerprint density at radius 2 is 1.58 bits per heavy atom. The zero-order chi connectivity index (χ0) is 18.5. The third kappa shape index (κ3) is 3.64. The number of carboxylic acids is 1. The SMILES string of the molecule is C=C(c1ccccc1OCc1ccccc1)c1c(F)cccc1C(=O)O. The molecule has 0 aliphatic rings. The van der Waals surface area contributed by atoms with Gasteiger partial charge in [-0.25, -0.2) is 9.18 Å². The summed E-state index contributed by atoms with van der Waals surface area (Å²) in [5.74, 6) is -1.32. The van der Waals surface area contributed by atoms with Crippen molar-refractivity contribution in [1.82, 2.24) is 0 Å². The van der Waals surface area contributed by atoms with Crippen molar-refractivity contribution < 1.29 is 19.0 Å². The van der Waals surface area contributed by atoms with Gasteiger partial charge in [-0.05, 0) is 29.3 Å². The zero-order valence-electron chi connectivity index (χ0n) is 14.0. The van der Waals surface area contributed by atoms with Crippen LogP contribution in [0, 0.1) is 5.82 Å². The van der Waals surface area contributed by atoms with E-state index < -0.39 is 11.8 Å². The molecule has 3 aromatic rings. The first kappa shape index (κ1) is 17.4. The van der Waals surface area contributed by atoms with Crippen molar-refractivity contribution in [1.29, 1.82) is 0 Å². The van der Waals surface area contributed by atoms with E-state index in [2.05, 4.69) is 6.58 Å². The normalized spacial score (nSPS) is 10.3. The van der Waals surface area contributed by atoms with Gasteiger partial charge in [0, 0.05) is 11.1 Å². The number of carbonyl (C=O) groups is 1. The van der Waals surface area contributed by atoms with Crippen molar-refractivity contribution in [2.75, 3.05) is 0 Å². The second kappa shape index (κ2) is 7.66. The maximum Gasteiger partial charge on any atom is 0.336 e. The van der Waals surface area contributed by atoms with Crippen LogP contribution in [0.2, 0.25) is 0 Å². The van der Waals surface area contributed by atoms with Crippen LogP contribution in [-0.4, -0.2) is 11.1 Å². The summed E-state index contributed by atoms with van der Waals surface area (Å²) in [6.45, 7) is 4.27. The number of aromatic carboxylic acids is 1. The molecule has 0 bridgehead atoms. The lowest BCUT2D eigenvalue weighted by atomic mass is 9.94. The predicted octanol–water partition coefficient (Wildman–Crippen LogP) is 5.16. The zero-order valence-corrected chi connectivity index (χ0v) is 14.0. The van der Waals surface area contributed by atoms with Crippen LogP contribution < -0.4 is 4.74 Å². The smallest absolute Gasteiger partial charge is 0.336 e. The van der Waals surface area contributed by atoms with E-state index in [9.17, 15) is 14.3 Å². The molecule has 0 unspecified atom stereocenters. The van der Waals surface area contributed by atoms with E-state index in [0.29, 0.717) is 17.9 Å². The van der Waals surface area contributed by atoms with Gasteiger partial charge in [-0.3, -0.25) is 0 Å². The fourth-order valence-electron chi connectivity index (χ4n) is 2.72. The van der Waals surface area contributed by atoms with Crippen molar-refractivity contribution in [3.8, 4) is 5.75 Å². The average molecular weight is 348 g/mol. The molecule has 3 aromatic carbocycles. The van der Waals surface area contributed by atoms with E-state index in [0.717, 1.165) is 5.56 Å². The molecule has 0 saturated carbocycles. The molecular formula is C22H17FO3. The molecule has 0 spiro atoms. The summed E-state index contributed by atoms with van der Waals surface area (Å²) in [6, 6.07) is 20.7. The molecule has 26 heavy (non-hydrogen) atoms.